The number of carbonyl (C=O) groups is 2. The van der Waals surface area contributed by atoms with Crippen molar-refractivity contribution in [2.45, 2.75) is 38.3 Å². The summed E-state index contributed by atoms with van der Waals surface area (Å²) < 4.78 is 4.82. The number of nitrogens with one attached hydrogen (secondary N) is 2. The van der Waals surface area contributed by atoms with E-state index in [2.05, 4.69) is 10.6 Å². The first-order valence-corrected chi connectivity index (χ1v) is 6.86. The molecule has 1 aliphatic rings. The Bertz CT molecular complexity index is 458. The van der Waals surface area contributed by atoms with Crippen molar-refractivity contribution in [1.82, 2.24) is 10.6 Å². The van der Waals surface area contributed by atoms with Crippen molar-refractivity contribution in [2.24, 2.45) is 5.92 Å². The third-order valence-electron chi connectivity index (χ3n) is 3.68. The van der Waals surface area contributed by atoms with Crippen LogP contribution in [-0.2, 0) is 4.79 Å². The largest absolute Gasteiger partial charge is 0.472 e. The van der Waals surface area contributed by atoms with Crippen molar-refractivity contribution in [3.05, 3.63) is 24.2 Å². The number of furan rings is 1. The molecule has 6 nitrogen and oxygen atoms in total. The molecule has 1 aromatic rings. The highest BCUT2D eigenvalue weighted by molar-refractivity contribution is 5.97. The zero-order valence-electron chi connectivity index (χ0n) is 11.5. The standard InChI is InChI=1S/C14H20N2O4/c1-9(16-14(19)11-5-6-20-8-11)13(18)15-7-10-3-2-4-12(10)17/h5-6,8-10,12,17H,2-4,7H2,1H3,(H,15,18)(H,16,19). The number of hydrogen-bond donors (Lipinski definition) is 3. The summed E-state index contributed by atoms with van der Waals surface area (Å²) in [5.41, 5.74) is 0.385. The van der Waals surface area contributed by atoms with Crippen LogP contribution < -0.4 is 10.6 Å². The summed E-state index contributed by atoms with van der Waals surface area (Å²) in [5.74, 6) is -0.473. The number of hydrogen-bond acceptors (Lipinski definition) is 4. The second kappa shape index (κ2) is 6.56. The molecule has 1 fully saturated rings. The van der Waals surface area contributed by atoms with Crippen molar-refractivity contribution < 1.29 is 19.1 Å². The molecule has 0 radical (unpaired) electrons. The molecule has 2 amide bonds. The summed E-state index contributed by atoms with van der Waals surface area (Å²) in [6.07, 6.45) is 5.13. The van der Waals surface area contributed by atoms with E-state index in [9.17, 15) is 14.7 Å². The van der Waals surface area contributed by atoms with Gasteiger partial charge in [0.15, 0.2) is 0 Å². The number of aliphatic hydroxyl groups is 1. The van der Waals surface area contributed by atoms with Gasteiger partial charge in [0.2, 0.25) is 5.91 Å². The molecule has 1 saturated carbocycles. The Morgan fingerprint density at radius 1 is 1.50 bits per heavy atom. The molecule has 20 heavy (non-hydrogen) atoms. The Morgan fingerprint density at radius 3 is 2.90 bits per heavy atom. The Morgan fingerprint density at radius 2 is 2.30 bits per heavy atom. The maximum absolute atomic E-state index is 11.9. The molecule has 6 heteroatoms. The molecule has 2 rings (SSSR count). The van der Waals surface area contributed by atoms with E-state index in [4.69, 9.17) is 4.42 Å². The van der Waals surface area contributed by atoms with Crippen LogP contribution in [0.3, 0.4) is 0 Å². The van der Waals surface area contributed by atoms with E-state index >= 15 is 0 Å². The van der Waals surface area contributed by atoms with Crippen molar-refractivity contribution in [1.29, 1.82) is 0 Å². The molecule has 1 aliphatic carbocycles. The van der Waals surface area contributed by atoms with Gasteiger partial charge in [0.25, 0.3) is 5.91 Å². The third-order valence-corrected chi connectivity index (χ3v) is 3.68. The SMILES string of the molecule is CC(NC(=O)c1ccoc1)C(=O)NCC1CCCC1O. The zero-order chi connectivity index (χ0) is 14.5. The predicted octanol–water partition coefficient (Wildman–Crippen LogP) is 0.675. The zero-order valence-corrected chi connectivity index (χ0v) is 11.5. The minimum Gasteiger partial charge on any atom is -0.472 e. The lowest BCUT2D eigenvalue weighted by Gasteiger charge is -2.18. The predicted molar refractivity (Wildman–Crippen MR) is 72.0 cm³/mol. The van der Waals surface area contributed by atoms with Crippen LogP contribution >= 0.6 is 0 Å². The maximum atomic E-state index is 11.9. The van der Waals surface area contributed by atoms with Crippen LogP contribution in [-0.4, -0.2) is 35.6 Å². The number of carbonyl (C=O) groups excluding carboxylic acids is 2. The molecule has 3 N–H and O–H groups in total. The summed E-state index contributed by atoms with van der Waals surface area (Å²) in [4.78, 5) is 23.6. The molecule has 110 valence electrons. The smallest absolute Gasteiger partial charge is 0.255 e. The van der Waals surface area contributed by atoms with Crippen molar-refractivity contribution >= 4 is 11.8 Å². The van der Waals surface area contributed by atoms with Gasteiger partial charge in [0.1, 0.15) is 12.3 Å². The van der Waals surface area contributed by atoms with Crippen LogP contribution in [0.5, 0.6) is 0 Å². The van der Waals surface area contributed by atoms with Crippen LogP contribution in [0, 0.1) is 5.92 Å². The quantitative estimate of drug-likeness (QED) is 0.739. The Kier molecular flexibility index (Phi) is 4.79. The summed E-state index contributed by atoms with van der Waals surface area (Å²) in [6.45, 7) is 2.07. The van der Waals surface area contributed by atoms with E-state index in [0.29, 0.717) is 12.1 Å². The molecule has 0 bridgehead atoms. The molecule has 3 unspecified atom stereocenters. The van der Waals surface area contributed by atoms with Gasteiger partial charge in [0.05, 0.1) is 17.9 Å². The Labute approximate surface area is 117 Å². The fraction of sp³-hybridized carbons (Fsp3) is 0.571. The summed E-state index contributed by atoms with van der Waals surface area (Å²) in [5, 5.41) is 15.0. The first kappa shape index (κ1) is 14.6. The minimum atomic E-state index is -0.629. The molecular formula is C14H20N2O4. The minimum absolute atomic E-state index is 0.121. The Hall–Kier alpha value is -1.82. The maximum Gasteiger partial charge on any atom is 0.255 e. The van der Waals surface area contributed by atoms with Crippen molar-refractivity contribution in [3.63, 3.8) is 0 Å². The third kappa shape index (κ3) is 3.60. The normalized spacial score (nSPS) is 23.3. The summed E-state index contributed by atoms with van der Waals surface area (Å²) in [6, 6.07) is 0.908. The molecule has 0 aromatic carbocycles. The van der Waals surface area contributed by atoms with Crippen molar-refractivity contribution in [2.75, 3.05) is 6.54 Å². The highest BCUT2D eigenvalue weighted by Gasteiger charge is 2.26. The molecule has 1 aromatic heterocycles. The topological polar surface area (TPSA) is 91.6 Å². The van der Waals surface area contributed by atoms with Crippen LogP contribution in [0.25, 0.3) is 0 Å². The molecule has 0 saturated heterocycles. The highest BCUT2D eigenvalue weighted by Crippen LogP contribution is 2.24. The van der Waals surface area contributed by atoms with Crippen LogP contribution in [0.15, 0.2) is 23.0 Å². The van der Waals surface area contributed by atoms with Crippen LogP contribution in [0.4, 0.5) is 0 Å². The van der Waals surface area contributed by atoms with Gasteiger partial charge in [0, 0.05) is 12.5 Å². The van der Waals surface area contributed by atoms with Gasteiger partial charge in [-0.05, 0) is 25.8 Å². The molecule has 1 heterocycles. The van der Waals surface area contributed by atoms with Crippen LogP contribution in [0.2, 0.25) is 0 Å². The summed E-state index contributed by atoms with van der Waals surface area (Å²) in [7, 11) is 0. The lowest BCUT2D eigenvalue weighted by atomic mass is 10.1. The van der Waals surface area contributed by atoms with Gasteiger partial charge in [-0.1, -0.05) is 6.42 Å². The van der Waals surface area contributed by atoms with Gasteiger partial charge >= 0.3 is 0 Å². The number of amides is 2. The summed E-state index contributed by atoms with van der Waals surface area (Å²) >= 11 is 0. The fourth-order valence-corrected chi connectivity index (χ4v) is 2.38. The molecule has 0 aliphatic heterocycles. The van der Waals surface area contributed by atoms with E-state index in [-0.39, 0.29) is 23.8 Å². The van der Waals surface area contributed by atoms with Gasteiger partial charge in [-0.15, -0.1) is 0 Å². The van der Waals surface area contributed by atoms with E-state index in [1.807, 2.05) is 0 Å². The van der Waals surface area contributed by atoms with Crippen molar-refractivity contribution in [3.8, 4) is 0 Å². The second-order valence-electron chi connectivity index (χ2n) is 5.21. The second-order valence-corrected chi connectivity index (χ2v) is 5.21. The average molecular weight is 280 g/mol. The van der Waals surface area contributed by atoms with Gasteiger partial charge in [-0.25, -0.2) is 0 Å². The highest BCUT2D eigenvalue weighted by atomic mass is 16.3. The van der Waals surface area contributed by atoms with Gasteiger partial charge in [-0.3, -0.25) is 9.59 Å². The van der Waals surface area contributed by atoms with Gasteiger partial charge in [-0.2, -0.15) is 0 Å². The van der Waals surface area contributed by atoms with Gasteiger partial charge < -0.3 is 20.2 Å². The average Bonchev–Trinajstić information content (AvgIpc) is 3.07. The fourth-order valence-electron chi connectivity index (χ4n) is 2.38. The van der Waals surface area contributed by atoms with Crippen LogP contribution in [0.1, 0.15) is 36.5 Å². The molecule has 0 spiro atoms. The van der Waals surface area contributed by atoms with E-state index in [1.165, 1.54) is 18.6 Å². The Balaban J connectivity index is 1.76. The number of rotatable bonds is 5. The first-order valence-electron chi connectivity index (χ1n) is 6.86. The lowest BCUT2D eigenvalue weighted by Crippen LogP contribution is -2.46. The first-order chi connectivity index (χ1) is 9.58. The monoisotopic (exact) mass is 280 g/mol. The molecular weight excluding hydrogens is 260 g/mol. The van der Waals surface area contributed by atoms with E-state index in [1.54, 1.807) is 6.92 Å². The van der Waals surface area contributed by atoms with E-state index in [0.717, 1.165) is 19.3 Å². The molecule has 3 atom stereocenters. The number of aliphatic hydroxyl groups excluding tert-OH is 1. The van der Waals surface area contributed by atoms with E-state index < -0.39 is 6.04 Å². The lowest BCUT2D eigenvalue weighted by molar-refractivity contribution is -0.122.